The van der Waals surface area contributed by atoms with Crippen LogP contribution in [0, 0.1) is 6.92 Å². The highest BCUT2D eigenvalue weighted by atomic mass is 35.5. The minimum Gasteiger partial charge on any atom is -0.397 e. The van der Waals surface area contributed by atoms with E-state index in [1.807, 2.05) is 0 Å². The first kappa shape index (κ1) is 13.6. The average molecular weight is 298 g/mol. The van der Waals surface area contributed by atoms with Crippen LogP contribution in [0.4, 0.5) is 11.5 Å². The number of nitrogen functional groups attached to an aromatic ring is 1. The fourth-order valence-electron chi connectivity index (χ4n) is 1.57. The molecule has 7 heteroatoms. The van der Waals surface area contributed by atoms with Gasteiger partial charge in [0.1, 0.15) is 5.82 Å². The maximum atomic E-state index is 12.2. The molecule has 0 bridgehead atoms. The monoisotopic (exact) mass is 297 g/mol. The molecular formula is C12H12ClN3O2S. The number of benzene rings is 1. The van der Waals surface area contributed by atoms with E-state index < -0.39 is 10.0 Å². The number of aromatic nitrogens is 1. The van der Waals surface area contributed by atoms with Crippen molar-refractivity contribution in [3.63, 3.8) is 0 Å². The standard InChI is InChI=1S/C12H12ClN3O2S/c1-8-6-9(13)10(14)7-11(8)19(17,18)16-12-4-2-3-5-15-12/h2-7H,14H2,1H3,(H,15,16). The third-order valence-electron chi connectivity index (χ3n) is 2.49. The average Bonchev–Trinajstić information content (AvgIpc) is 2.34. The van der Waals surface area contributed by atoms with Crippen molar-refractivity contribution in [3.8, 4) is 0 Å². The summed E-state index contributed by atoms with van der Waals surface area (Å²) in [5.41, 5.74) is 6.37. The molecule has 2 rings (SSSR count). The lowest BCUT2D eigenvalue weighted by molar-refractivity contribution is 0.600. The maximum absolute atomic E-state index is 12.2. The largest absolute Gasteiger partial charge is 0.397 e. The number of pyridine rings is 1. The minimum atomic E-state index is -3.73. The molecule has 0 fully saturated rings. The number of nitrogens with two attached hydrogens (primary N) is 1. The maximum Gasteiger partial charge on any atom is 0.263 e. The van der Waals surface area contributed by atoms with Gasteiger partial charge in [0.05, 0.1) is 15.6 Å². The second-order valence-electron chi connectivity index (χ2n) is 3.96. The summed E-state index contributed by atoms with van der Waals surface area (Å²) in [7, 11) is -3.73. The molecule has 0 atom stereocenters. The van der Waals surface area contributed by atoms with Crippen LogP contribution < -0.4 is 10.5 Å². The lowest BCUT2D eigenvalue weighted by Crippen LogP contribution is -2.15. The van der Waals surface area contributed by atoms with Crippen molar-refractivity contribution in [2.45, 2.75) is 11.8 Å². The Labute approximate surface area is 116 Å². The van der Waals surface area contributed by atoms with E-state index in [0.717, 1.165) is 0 Å². The van der Waals surface area contributed by atoms with Crippen LogP contribution in [0.2, 0.25) is 5.02 Å². The first-order valence-corrected chi connectivity index (χ1v) is 7.26. The van der Waals surface area contributed by atoms with Crippen LogP contribution in [-0.2, 0) is 10.0 Å². The van der Waals surface area contributed by atoms with Crippen molar-refractivity contribution in [1.29, 1.82) is 0 Å². The third-order valence-corrected chi connectivity index (χ3v) is 4.31. The van der Waals surface area contributed by atoms with Gasteiger partial charge >= 0.3 is 0 Å². The number of hydrogen-bond donors (Lipinski definition) is 2. The lowest BCUT2D eigenvalue weighted by Gasteiger charge is -2.11. The van der Waals surface area contributed by atoms with Gasteiger partial charge in [0.25, 0.3) is 10.0 Å². The molecular weight excluding hydrogens is 286 g/mol. The Hall–Kier alpha value is -1.79. The van der Waals surface area contributed by atoms with Crippen molar-refractivity contribution < 1.29 is 8.42 Å². The Morgan fingerprint density at radius 2 is 2.05 bits per heavy atom. The van der Waals surface area contributed by atoms with Gasteiger partial charge in [-0.1, -0.05) is 17.7 Å². The molecule has 1 aromatic heterocycles. The van der Waals surface area contributed by atoms with E-state index in [1.165, 1.54) is 18.3 Å². The normalized spacial score (nSPS) is 11.3. The molecule has 0 saturated carbocycles. The number of anilines is 2. The predicted molar refractivity (Wildman–Crippen MR) is 75.6 cm³/mol. The Balaban J connectivity index is 2.43. The second-order valence-corrected chi connectivity index (χ2v) is 6.02. The van der Waals surface area contributed by atoms with E-state index in [0.29, 0.717) is 10.6 Å². The van der Waals surface area contributed by atoms with Gasteiger partial charge in [-0.25, -0.2) is 13.4 Å². The lowest BCUT2D eigenvalue weighted by atomic mass is 10.2. The highest BCUT2D eigenvalue weighted by Crippen LogP contribution is 2.27. The van der Waals surface area contributed by atoms with Crippen molar-refractivity contribution in [3.05, 3.63) is 47.1 Å². The molecule has 2 aromatic rings. The van der Waals surface area contributed by atoms with E-state index in [2.05, 4.69) is 9.71 Å². The first-order chi connectivity index (χ1) is 8.90. The molecule has 0 amide bonds. The summed E-state index contributed by atoms with van der Waals surface area (Å²) >= 11 is 5.84. The number of halogens is 1. The van der Waals surface area contributed by atoms with E-state index in [4.69, 9.17) is 17.3 Å². The first-order valence-electron chi connectivity index (χ1n) is 5.39. The minimum absolute atomic E-state index is 0.0834. The van der Waals surface area contributed by atoms with Crippen molar-refractivity contribution in [2.75, 3.05) is 10.5 Å². The molecule has 5 nitrogen and oxygen atoms in total. The zero-order valence-electron chi connectivity index (χ0n) is 10.1. The number of sulfonamides is 1. The molecule has 0 aliphatic rings. The van der Waals surface area contributed by atoms with Crippen LogP contribution in [0.1, 0.15) is 5.56 Å². The summed E-state index contributed by atoms with van der Waals surface area (Å²) in [5, 5.41) is 0.328. The second kappa shape index (κ2) is 5.07. The fourth-order valence-corrected chi connectivity index (χ4v) is 3.06. The van der Waals surface area contributed by atoms with Gasteiger partial charge in [0, 0.05) is 6.20 Å². The van der Waals surface area contributed by atoms with Gasteiger partial charge in [-0.2, -0.15) is 0 Å². The van der Waals surface area contributed by atoms with E-state index >= 15 is 0 Å². The Morgan fingerprint density at radius 3 is 2.68 bits per heavy atom. The number of nitrogens with one attached hydrogen (secondary N) is 1. The van der Waals surface area contributed by atoms with Gasteiger partial charge in [-0.3, -0.25) is 4.72 Å². The topological polar surface area (TPSA) is 85.1 Å². The van der Waals surface area contributed by atoms with Gasteiger partial charge in [-0.15, -0.1) is 0 Å². The van der Waals surface area contributed by atoms with Crippen molar-refractivity contribution in [1.82, 2.24) is 4.98 Å². The zero-order valence-corrected chi connectivity index (χ0v) is 11.7. The summed E-state index contributed by atoms with van der Waals surface area (Å²) in [4.78, 5) is 3.99. The molecule has 0 spiro atoms. The molecule has 100 valence electrons. The summed E-state index contributed by atoms with van der Waals surface area (Å²) < 4.78 is 26.9. The van der Waals surface area contributed by atoms with Gasteiger partial charge in [0.15, 0.2) is 0 Å². The number of aryl methyl sites for hydroxylation is 1. The van der Waals surface area contributed by atoms with Crippen LogP contribution in [-0.4, -0.2) is 13.4 Å². The quantitative estimate of drug-likeness (QED) is 0.852. The number of rotatable bonds is 3. The molecule has 1 heterocycles. The van der Waals surface area contributed by atoms with Crippen LogP contribution in [0.5, 0.6) is 0 Å². The zero-order chi connectivity index (χ0) is 14.0. The SMILES string of the molecule is Cc1cc(Cl)c(N)cc1S(=O)(=O)Nc1ccccn1. The Morgan fingerprint density at radius 1 is 1.32 bits per heavy atom. The van der Waals surface area contributed by atoms with Crippen LogP contribution in [0.25, 0.3) is 0 Å². The molecule has 19 heavy (non-hydrogen) atoms. The molecule has 0 unspecified atom stereocenters. The summed E-state index contributed by atoms with van der Waals surface area (Å²) in [6.45, 7) is 1.65. The highest BCUT2D eigenvalue weighted by molar-refractivity contribution is 7.92. The molecule has 1 aromatic carbocycles. The number of hydrogen-bond acceptors (Lipinski definition) is 4. The smallest absolute Gasteiger partial charge is 0.263 e. The molecule has 0 aliphatic carbocycles. The van der Waals surface area contributed by atoms with Gasteiger partial charge in [-0.05, 0) is 36.8 Å². The van der Waals surface area contributed by atoms with E-state index in [1.54, 1.807) is 25.1 Å². The van der Waals surface area contributed by atoms with Crippen molar-refractivity contribution in [2.24, 2.45) is 0 Å². The van der Waals surface area contributed by atoms with Gasteiger partial charge < -0.3 is 5.73 Å². The predicted octanol–water partition coefficient (Wildman–Crippen LogP) is 2.43. The molecule has 0 radical (unpaired) electrons. The molecule has 0 saturated heterocycles. The van der Waals surface area contributed by atoms with Crippen LogP contribution >= 0.6 is 11.6 Å². The van der Waals surface area contributed by atoms with E-state index in [-0.39, 0.29) is 16.4 Å². The van der Waals surface area contributed by atoms with Gasteiger partial charge in [0.2, 0.25) is 0 Å². The fraction of sp³-hybridized carbons (Fsp3) is 0.0833. The van der Waals surface area contributed by atoms with Crippen molar-refractivity contribution >= 4 is 33.1 Å². The van der Waals surface area contributed by atoms with E-state index in [9.17, 15) is 8.42 Å². The Kier molecular flexibility index (Phi) is 3.64. The summed E-state index contributed by atoms with van der Waals surface area (Å²) in [6, 6.07) is 7.80. The summed E-state index contributed by atoms with van der Waals surface area (Å²) in [6.07, 6.45) is 1.50. The summed E-state index contributed by atoms with van der Waals surface area (Å²) in [5.74, 6) is 0.246. The Bertz CT molecular complexity index is 702. The molecule has 3 N–H and O–H groups in total. The van der Waals surface area contributed by atoms with Crippen LogP contribution in [0.15, 0.2) is 41.4 Å². The highest BCUT2D eigenvalue weighted by Gasteiger charge is 2.18. The van der Waals surface area contributed by atoms with Crippen LogP contribution in [0.3, 0.4) is 0 Å². The molecule has 0 aliphatic heterocycles. The number of nitrogens with zero attached hydrogens (tertiary/aromatic N) is 1. The third kappa shape index (κ3) is 2.97.